The third kappa shape index (κ3) is 12.0. The number of nitrogens with one attached hydrogen (secondary N) is 3. The number of ether oxygens (including phenoxy) is 1. The van der Waals surface area contributed by atoms with Gasteiger partial charge >= 0.3 is 5.97 Å². The average Bonchev–Trinajstić information content (AvgIpc) is 3.38. The molecule has 0 fully saturated rings. The van der Waals surface area contributed by atoms with E-state index in [1.54, 1.807) is 26.0 Å². The summed E-state index contributed by atoms with van der Waals surface area (Å²) in [7, 11) is 0. The zero-order chi connectivity index (χ0) is 29.5. The Morgan fingerprint density at radius 1 is 1.20 bits per heavy atom. The predicted molar refractivity (Wildman–Crippen MR) is 156 cm³/mol. The number of cyclic esters (lactones) is 1. The fourth-order valence-corrected chi connectivity index (χ4v) is 5.20. The van der Waals surface area contributed by atoms with Crippen molar-refractivity contribution in [2.45, 2.75) is 90.8 Å². The van der Waals surface area contributed by atoms with E-state index in [9.17, 15) is 24.0 Å². The molecule has 12 heteroatoms. The molecule has 0 saturated heterocycles. The van der Waals surface area contributed by atoms with Crippen molar-refractivity contribution >= 4 is 51.9 Å². The molecule has 3 amide bonds. The highest BCUT2D eigenvalue weighted by Gasteiger charge is 2.29. The first-order chi connectivity index (χ1) is 19.1. The molecule has 1 aromatic heterocycles. The van der Waals surface area contributed by atoms with Gasteiger partial charge in [-0.25, -0.2) is 9.78 Å². The number of esters is 1. The van der Waals surface area contributed by atoms with Crippen molar-refractivity contribution in [2.75, 3.05) is 5.75 Å². The topological polar surface area (TPSA) is 144 Å². The van der Waals surface area contributed by atoms with Gasteiger partial charge in [0.25, 0.3) is 11.8 Å². The second-order valence-electron chi connectivity index (χ2n) is 9.81. The van der Waals surface area contributed by atoms with Gasteiger partial charge in [0.05, 0.1) is 18.7 Å². The number of hydrogen-bond acceptors (Lipinski definition) is 9. The zero-order valence-corrected chi connectivity index (χ0v) is 25.1. The van der Waals surface area contributed by atoms with Gasteiger partial charge in [0.1, 0.15) is 22.8 Å². The minimum Gasteiger partial charge on any atom is -0.456 e. The molecule has 2 atom stereocenters. The van der Waals surface area contributed by atoms with Gasteiger partial charge in [-0.1, -0.05) is 70.9 Å². The summed E-state index contributed by atoms with van der Waals surface area (Å²) in [5.74, 6) is -2.20. The minimum atomic E-state index is -1.04. The normalized spacial score (nSPS) is 19.4. The number of fused-ring (bicyclic) bond motifs is 2. The Bertz CT molecular complexity index is 1080. The lowest BCUT2D eigenvalue weighted by Gasteiger charge is -2.24. The molecule has 0 aliphatic carbocycles. The fourth-order valence-electron chi connectivity index (χ4n) is 3.71. The van der Waals surface area contributed by atoms with Crippen molar-refractivity contribution in [1.29, 1.82) is 0 Å². The van der Waals surface area contributed by atoms with Crippen molar-refractivity contribution < 1.29 is 28.7 Å². The van der Waals surface area contributed by atoms with E-state index >= 15 is 0 Å². The molecule has 3 N–H and O–H groups in total. The Labute approximate surface area is 244 Å². The van der Waals surface area contributed by atoms with Crippen LogP contribution < -0.4 is 16.0 Å². The van der Waals surface area contributed by atoms with Gasteiger partial charge in [-0.15, -0.1) is 11.3 Å². The summed E-state index contributed by atoms with van der Waals surface area (Å²) in [5.41, 5.74) is -0.147. The molecule has 0 spiro atoms. The number of hydrogen-bond donors (Lipinski definition) is 3. The van der Waals surface area contributed by atoms with Gasteiger partial charge < -0.3 is 20.7 Å². The lowest BCUT2D eigenvalue weighted by atomic mass is 10.0. The summed E-state index contributed by atoms with van der Waals surface area (Å²) >= 11 is 2.47. The number of nitrogens with zero attached hydrogens (tertiary/aromatic N) is 1. The number of carbonyl (C=O) groups is 5. The van der Waals surface area contributed by atoms with E-state index in [-0.39, 0.29) is 41.3 Å². The smallest absolute Gasteiger partial charge is 0.329 e. The maximum Gasteiger partial charge on any atom is 0.329 e. The van der Waals surface area contributed by atoms with E-state index in [1.165, 1.54) is 41.3 Å². The SMILES string of the molecule is C=C1NC(=O)c2csc(n2)CNC(=O)C[C@@H](C=CCCSC(=O)CCCCCCC)OC(=O)[C@H](C(C)C)NC1=O. The molecule has 0 radical (unpaired) electrons. The second kappa shape index (κ2) is 17.6. The Morgan fingerprint density at radius 2 is 1.95 bits per heavy atom. The zero-order valence-electron chi connectivity index (χ0n) is 23.5. The molecule has 1 aromatic rings. The van der Waals surface area contributed by atoms with Crippen molar-refractivity contribution in [1.82, 2.24) is 20.9 Å². The predicted octanol–water partition coefficient (Wildman–Crippen LogP) is 4.03. The first-order valence-corrected chi connectivity index (χ1v) is 15.5. The minimum absolute atomic E-state index is 0.0868. The Hall–Kier alpha value is -2.99. The third-order valence-electron chi connectivity index (χ3n) is 6.00. The molecule has 40 heavy (non-hydrogen) atoms. The maximum absolute atomic E-state index is 13.0. The molecule has 2 bridgehead atoms. The highest BCUT2D eigenvalue weighted by atomic mass is 32.2. The number of aromatic nitrogens is 1. The molecular weight excluding hydrogens is 552 g/mol. The summed E-state index contributed by atoms with van der Waals surface area (Å²) < 4.78 is 5.64. The van der Waals surface area contributed by atoms with E-state index in [2.05, 4.69) is 34.4 Å². The summed E-state index contributed by atoms with van der Waals surface area (Å²) in [6.07, 6.45) is 9.02. The lowest BCUT2D eigenvalue weighted by molar-refractivity contribution is -0.153. The van der Waals surface area contributed by atoms with E-state index < -0.39 is 29.9 Å². The molecule has 2 heterocycles. The van der Waals surface area contributed by atoms with Crippen LogP contribution in [0.15, 0.2) is 29.8 Å². The molecule has 1 aliphatic heterocycles. The highest BCUT2D eigenvalue weighted by molar-refractivity contribution is 8.13. The molecule has 10 nitrogen and oxygen atoms in total. The number of thioether (sulfide) groups is 1. The Balaban J connectivity index is 2.05. The summed E-state index contributed by atoms with van der Waals surface area (Å²) in [5, 5.41) is 9.86. The van der Waals surface area contributed by atoms with E-state index in [0.717, 1.165) is 19.3 Å². The number of unbranched alkanes of at least 4 members (excludes halogenated alkanes) is 4. The van der Waals surface area contributed by atoms with Gasteiger partial charge in [-0.05, 0) is 24.8 Å². The van der Waals surface area contributed by atoms with Crippen LogP contribution in [0.1, 0.15) is 87.6 Å². The van der Waals surface area contributed by atoms with Crippen LogP contribution >= 0.6 is 23.1 Å². The third-order valence-corrected chi connectivity index (χ3v) is 7.82. The largest absolute Gasteiger partial charge is 0.456 e. The molecular formula is C28H40N4O6S2. The van der Waals surface area contributed by atoms with Crippen LogP contribution in [0.5, 0.6) is 0 Å². The summed E-state index contributed by atoms with van der Waals surface area (Å²) in [4.78, 5) is 67.1. The Morgan fingerprint density at radius 3 is 2.67 bits per heavy atom. The first-order valence-electron chi connectivity index (χ1n) is 13.7. The standard InChI is InChI=1S/C28H40N4O6S2/c1-5-6-7-8-9-13-24(34)39-14-11-10-12-20-15-22(33)29-16-23-31-21(17-40-23)27(36)30-19(4)26(35)32-25(18(2)3)28(37)38-20/h10,12,17-18,20,25H,4-9,11,13-16H2,1-3H3,(H,29,33)(H,30,36)(H,32,35)/t20-,25+/m1/s1. The van der Waals surface area contributed by atoms with Gasteiger partial charge in [-0.3, -0.25) is 19.2 Å². The molecule has 2 rings (SSSR count). The average molecular weight is 593 g/mol. The van der Waals surface area contributed by atoms with Crippen LogP contribution in [0, 0.1) is 5.92 Å². The number of thiazole rings is 1. The van der Waals surface area contributed by atoms with Crippen molar-refractivity contribution in [2.24, 2.45) is 5.92 Å². The summed E-state index contributed by atoms with van der Waals surface area (Å²) in [6, 6.07) is -1.04. The summed E-state index contributed by atoms with van der Waals surface area (Å²) in [6.45, 7) is 9.32. The molecule has 0 unspecified atom stereocenters. The van der Waals surface area contributed by atoms with Gasteiger partial charge in [0.15, 0.2) is 5.12 Å². The van der Waals surface area contributed by atoms with E-state index in [0.29, 0.717) is 23.6 Å². The van der Waals surface area contributed by atoms with Crippen molar-refractivity contribution in [3.63, 3.8) is 0 Å². The molecule has 1 aliphatic rings. The maximum atomic E-state index is 13.0. The van der Waals surface area contributed by atoms with Gasteiger partial charge in [0.2, 0.25) is 5.91 Å². The number of carbonyl (C=O) groups excluding carboxylic acids is 5. The van der Waals surface area contributed by atoms with Crippen LogP contribution in [0.2, 0.25) is 0 Å². The van der Waals surface area contributed by atoms with Crippen LogP contribution in [-0.2, 0) is 30.5 Å². The van der Waals surface area contributed by atoms with Gasteiger partial charge in [0, 0.05) is 17.6 Å². The first kappa shape index (κ1) is 33.2. The Kier molecular flexibility index (Phi) is 14.7. The van der Waals surface area contributed by atoms with Crippen LogP contribution in [0.4, 0.5) is 0 Å². The van der Waals surface area contributed by atoms with Crippen LogP contribution in [-0.4, -0.2) is 51.7 Å². The number of rotatable bonds is 11. The quantitative estimate of drug-likeness (QED) is 0.151. The fraction of sp³-hybridized carbons (Fsp3) is 0.571. The molecule has 220 valence electrons. The molecule has 0 saturated carbocycles. The lowest BCUT2D eigenvalue weighted by Crippen LogP contribution is -2.48. The van der Waals surface area contributed by atoms with Crippen molar-refractivity contribution in [3.8, 4) is 0 Å². The number of allylic oxidation sites excluding steroid dienone is 1. The molecule has 0 aromatic carbocycles. The monoisotopic (exact) mass is 592 g/mol. The highest BCUT2D eigenvalue weighted by Crippen LogP contribution is 2.15. The second-order valence-corrected chi connectivity index (χ2v) is 11.9. The van der Waals surface area contributed by atoms with E-state index in [4.69, 9.17) is 4.74 Å². The van der Waals surface area contributed by atoms with Gasteiger partial charge in [-0.2, -0.15) is 0 Å². The van der Waals surface area contributed by atoms with Crippen LogP contribution in [0.25, 0.3) is 0 Å². The van der Waals surface area contributed by atoms with Crippen molar-refractivity contribution in [3.05, 3.63) is 40.5 Å². The van der Waals surface area contributed by atoms with Crippen LogP contribution in [0.3, 0.4) is 0 Å². The van der Waals surface area contributed by atoms with E-state index in [1.807, 2.05) is 0 Å². The number of amides is 3.